The van der Waals surface area contributed by atoms with E-state index in [1.165, 1.54) is 24.9 Å². The lowest BCUT2D eigenvalue weighted by Crippen LogP contribution is -2.39. The van der Waals surface area contributed by atoms with Gasteiger partial charge in [-0.15, -0.1) is 11.3 Å². The molecule has 0 radical (unpaired) electrons. The van der Waals surface area contributed by atoms with Crippen molar-refractivity contribution < 1.29 is 28.3 Å². The Morgan fingerprint density at radius 1 is 0.978 bits per heavy atom. The van der Waals surface area contributed by atoms with Gasteiger partial charge in [-0.2, -0.15) is 0 Å². The van der Waals surface area contributed by atoms with Crippen LogP contribution in [-0.4, -0.2) is 59.6 Å². The fourth-order valence-electron chi connectivity index (χ4n) is 5.07. The topological polar surface area (TPSA) is 127 Å². The molecule has 0 aliphatic carbocycles. The van der Waals surface area contributed by atoms with Crippen LogP contribution in [-0.2, 0) is 17.9 Å². The van der Waals surface area contributed by atoms with Crippen LogP contribution in [0.15, 0.2) is 76.3 Å². The monoisotopic (exact) mass is 651 g/mol. The molecule has 14 heteroatoms. The maximum atomic E-state index is 14.9. The van der Waals surface area contributed by atoms with Crippen LogP contribution in [0, 0.1) is 11.6 Å². The number of likely N-dealkylation sites (N-methyl/N-ethyl adjacent to an activating group) is 1. The number of hydrogen-bond acceptors (Lipinski definition) is 8. The number of thiophene rings is 1. The average Bonchev–Trinajstić information content (AvgIpc) is 3.40. The average molecular weight is 652 g/mol. The molecule has 0 saturated heterocycles. The largest absolute Gasteiger partial charge is 0.497 e. The number of methoxy groups -OCH3 is 1. The van der Waals surface area contributed by atoms with E-state index in [0.29, 0.717) is 34.0 Å². The fraction of sp³-hybridized carbons (Fsp3) is 0.219. The molecule has 3 N–H and O–H groups in total. The van der Waals surface area contributed by atoms with E-state index < -0.39 is 35.5 Å². The second-order valence-corrected chi connectivity index (χ2v) is 11.3. The molecule has 5 aromatic rings. The molecule has 46 heavy (non-hydrogen) atoms. The number of ether oxygens (including phenoxy) is 1. The SMILES string of the molecule is CONC(=O)Nc1ccc(-c2sc3c(c2CN(C)CCO)c(=O)n(-c2ccc(OC)cc2)c(=O)n3Cc2c(F)cccc2F)cc1. The number of rotatable bonds is 11. The minimum atomic E-state index is -0.831. The Bertz CT molecular complexity index is 1970. The van der Waals surface area contributed by atoms with E-state index in [0.717, 1.165) is 28.0 Å². The number of benzene rings is 3. The van der Waals surface area contributed by atoms with Crippen LogP contribution in [0.4, 0.5) is 19.3 Å². The molecule has 0 bridgehead atoms. The highest BCUT2D eigenvalue weighted by Gasteiger charge is 2.25. The Kier molecular flexibility index (Phi) is 9.92. The molecule has 0 saturated carbocycles. The first kappa shape index (κ1) is 32.5. The van der Waals surface area contributed by atoms with E-state index in [1.807, 2.05) is 4.90 Å². The molecule has 0 aliphatic heterocycles. The molecular formula is C32H31F2N5O6S. The van der Waals surface area contributed by atoms with Gasteiger partial charge < -0.3 is 15.2 Å². The van der Waals surface area contributed by atoms with Crippen LogP contribution in [0.5, 0.6) is 5.75 Å². The smallest absolute Gasteiger partial charge is 0.343 e. The first-order valence-electron chi connectivity index (χ1n) is 14.0. The van der Waals surface area contributed by atoms with Crippen LogP contribution < -0.4 is 26.8 Å². The number of aliphatic hydroxyl groups is 1. The number of aliphatic hydroxyl groups excluding tert-OH is 1. The van der Waals surface area contributed by atoms with Gasteiger partial charge in [-0.05, 0) is 66.7 Å². The second kappa shape index (κ2) is 14.0. The Morgan fingerprint density at radius 3 is 2.26 bits per heavy atom. The normalized spacial score (nSPS) is 11.3. The lowest BCUT2D eigenvalue weighted by molar-refractivity contribution is 0.114. The highest BCUT2D eigenvalue weighted by atomic mass is 32.1. The van der Waals surface area contributed by atoms with Crippen LogP contribution in [0.2, 0.25) is 0 Å². The molecule has 0 spiro atoms. The van der Waals surface area contributed by atoms with E-state index in [4.69, 9.17) is 4.74 Å². The summed E-state index contributed by atoms with van der Waals surface area (Å²) >= 11 is 1.14. The van der Waals surface area contributed by atoms with Gasteiger partial charge in [0.2, 0.25) is 0 Å². The predicted octanol–water partition coefficient (Wildman–Crippen LogP) is 4.32. The van der Waals surface area contributed by atoms with Crippen LogP contribution in [0.3, 0.4) is 0 Å². The minimum absolute atomic E-state index is 0.134. The number of aromatic nitrogens is 2. The van der Waals surface area contributed by atoms with E-state index in [1.54, 1.807) is 55.6 Å². The van der Waals surface area contributed by atoms with Gasteiger partial charge in [0.05, 0.1) is 38.4 Å². The molecule has 0 unspecified atom stereocenters. The summed E-state index contributed by atoms with van der Waals surface area (Å²) in [7, 11) is 4.57. The zero-order chi connectivity index (χ0) is 33.0. The van der Waals surface area contributed by atoms with Crippen LogP contribution >= 0.6 is 11.3 Å². The summed E-state index contributed by atoms with van der Waals surface area (Å²) < 4.78 is 37.3. The van der Waals surface area contributed by atoms with Gasteiger partial charge >= 0.3 is 11.7 Å². The number of nitrogens with one attached hydrogen (secondary N) is 2. The van der Waals surface area contributed by atoms with Gasteiger partial charge in [0.25, 0.3) is 5.56 Å². The van der Waals surface area contributed by atoms with Crippen molar-refractivity contribution in [2.75, 3.05) is 39.7 Å². The van der Waals surface area contributed by atoms with E-state index in [-0.39, 0.29) is 34.6 Å². The third kappa shape index (κ3) is 6.55. The molecular weight excluding hydrogens is 620 g/mol. The third-order valence-corrected chi connectivity index (χ3v) is 8.59. The Balaban J connectivity index is 1.79. The number of fused-ring (bicyclic) bond motifs is 1. The number of nitrogens with zero attached hydrogens (tertiary/aromatic N) is 3. The molecule has 0 aliphatic rings. The van der Waals surface area contributed by atoms with Gasteiger partial charge in [-0.3, -0.25) is 19.1 Å². The zero-order valence-corrected chi connectivity index (χ0v) is 26.0. The summed E-state index contributed by atoms with van der Waals surface area (Å²) in [5.74, 6) is -1.15. The molecule has 0 fully saturated rings. The standard InChI is InChI=1S/C32H31F2N5O6S/c1-37(15-16-40)17-24-27-29(41)39(21-11-13-22(44-2)14-12-21)32(43)38(18-23-25(33)5-4-6-26(23)34)30(27)46-28(24)19-7-9-20(10-8-19)35-31(42)36-45-3/h4-14,40H,15-18H2,1-3H3,(H2,35,36,42). The molecule has 240 valence electrons. The molecule has 2 heterocycles. The number of hydrogen-bond donors (Lipinski definition) is 3. The number of anilines is 1. The van der Waals surface area contributed by atoms with Gasteiger partial charge in [-0.25, -0.2) is 28.4 Å². The first-order valence-corrected chi connectivity index (χ1v) is 14.9. The second-order valence-electron chi connectivity index (χ2n) is 10.3. The Hall–Kier alpha value is -4.89. The zero-order valence-electron chi connectivity index (χ0n) is 25.2. The Morgan fingerprint density at radius 2 is 1.65 bits per heavy atom. The number of hydroxylamine groups is 1. The summed E-state index contributed by atoms with van der Waals surface area (Å²) in [5, 5.41) is 12.4. The van der Waals surface area contributed by atoms with Crippen molar-refractivity contribution in [2.24, 2.45) is 0 Å². The van der Waals surface area contributed by atoms with Crippen molar-refractivity contribution in [2.45, 2.75) is 13.1 Å². The van der Waals surface area contributed by atoms with Crippen LogP contribution in [0.25, 0.3) is 26.3 Å². The van der Waals surface area contributed by atoms with Crippen molar-refractivity contribution >= 4 is 33.3 Å². The third-order valence-electron chi connectivity index (χ3n) is 7.29. The number of urea groups is 1. The maximum Gasteiger partial charge on any atom is 0.343 e. The highest BCUT2D eigenvalue weighted by molar-refractivity contribution is 7.22. The van der Waals surface area contributed by atoms with Gasteiger partial charge in [0.15, 0.2) is 0 Å². The number of carbonyl (C=O) groups is 1. The van der Waals surface area contributed by atoms with Gasteiger partial charge in [-0.1, -0.05) is 18.2 Å². The van der Waals surface area contributed by atoms with E-state index in [9.17, 15) is 28.3 Å². The molecule has 11 nitrogen and oxygen atoms in total. The van der Waals surface area contributed by atoms with Gasteiger partial charge in [0, 0.05) is 29.2 Å². The summed E-state index contributed by atoms with van der Waals surface area (Å²) in [6, 6.07) is 16.0. The minimum Gasteiger partial charge on any atom is -0.497 e. The van der Waals surface area contributed by atoms with E-state index in [2.05, 4.69) is 15.6 Å². The number of halogens is 2. The predicted molar refractivity (Wildman–Crippen MR) is 172 cm³/mol. The lowest BCUT2D eigenvalue weighted by atomic mass is 10.1. The maximum absolute atomic E-state index is 14.9. The van der Waals surface area contributed by atoms with Crippen molar-refractivity contribution in [3.05, 3.63) is 110 Å². The quantitative estimate of drug-likeness (QED) is 0.182. The highest BCUT2D eigenvalue weighted by Crippen LogP contribution is 2.38. The molecule has 2 aromatic heterocycles. The Labute approximate surface area is 265 Å². The molecule has 5 rings (SSSR count). The van der Waals surface area contributed by atoms with Crippen LogP contribution in [0.1, 0.15) is 11.1 Å². The molecule has 3 aromatic carbocycles. The number of carbonyl (C=O) groups excluding carboxylic acids is 1. The fourth-order valence-corrected chi connectivity index (χ4v) is 6.37. The summed E-state index contributed by atoms with van der Waals surface area (Å²) in [6.45, 7) is -0.115. The summed E-state index contributed by atoms with van der Waals surface area (Å²) in [5.41, 5.74) is 2.38. The van der Waals surface area contributed by atoms with Crippen molar-refractivity contribution in [1.29, 1.82) is 0 Å². The summed E-state index contributed by atoms with van der Waals surface area (Å²) in [6.07, 6.45) is 0. The first-order chi connectivity index (χ1) is 22.2. The lowest BCUT2D eigenvalue weighted by Gasteiger charge is -2.17. The molecule has 2 amide bonds. The van der Waals surface area contributed by atoms with Crippen molar-refractivity contribution in [1.82, 2.24) is 19.5 Å². The van der Waals surface area contributed by atoms with Gasteiger partial charge in [0.1, 0.15) is 22.2 Å². The van der Waals surface area contributed by atoms with Crippen molar-refractivity contribution in [3.8, 4) is 21.9 Å². The number of amides is 2. The molecule has 0 atom stereocenters. The summed E-state index contributed by atoms with van der Waals surface area (Å²) in [4.78, 5) is 47.7. The van der Waals surface area contributed by atoms with Crippen molar-refractivity contribution in [3.63, 3.8) is 0 Å². The van der Waals surface area contributed by atoms with E-state index >= 15 is 0 Å².